The first-order valence-corrected chi connectivity index (χ1v) is 13.4. The van der Waals surface area contributed by atoms with E-state index in [-0.39, 0.29) is 7.92 Å². The molecule has 164 valence electrons. The predicted octanol–water partition coefficient (Wildman–Crippen LogP) is 7.98. The molecule has 0 aliphatic heterocycles. The molecule has 2 aliphatic rings. The Kier molecular flexibility index (Phi) is 9.53. The van der Waals surface area contributed by atoms with Crippen LogP contribution in [-0.4, -0.2) is 31.7 Å². The third-order valence-electron chi connectivity index (χ3n) is 6.70. The first-order chi connectivity index (χ1) is 14.7. The summed E-state index contributed by atoms with van der Waals surface area (Å²) < 4.78 is 11.0. The molecule has 0 radical (unpaired) electrons. The highest BCUT2D eigenvalue weighted by molar-refractivity contribution is 7.59. The van der Waals surface area contributed by atoms with Gasteiger partial charge in [0.05, 0.1) is 19.8 Å². The summed E-state index contributed by atoms with van der Waals surface area (Å²) in [5.74, 6) is 1.59. The van der Waals surface area contributed by atoms with Crippen LogP contribution < -0.4 is 9.47 Å². The van der Waals surface area contributed by atoms with Crippen molar-refractivity contribution in [2.75, 3.05) is 20.4 Å². The molecule has 0 amide bonds. The van der Waals surface area contributed by atoms with E-state index >= 15 is 0 Å². The van der Waals surface area contributed by atoms with E-state index < -0.39 is 0 Å². The predicted molar refractivity (Wildman–Crippen MR) is 132 cm³/mol. The van der Waals surface area contributed by atoms with Crippen LogP contribution in [0.4, 0.5) is 0 Å². The van der Waals surface area contributed by atoms with Crippen molar-refractivity contribution in [1.82, 2.24) is 0 Å². The molecular formula is C27H39O2P. The molecule has 0 N–H and O–H groups in total. The maximum absolute atomic E-state index is 5.51. The molecule has 0 saturated heterocycles. The second kappa shape index (κ2) is 12.4. The number of benzene rings is 1. The number of methoxy groups -OCH3 is 2. The molecule has 2 nitrogen and oxygen atoms in total. The summed E-state index contributed by atoms with van der Waals surface area (Å²) in [5, 5.41) is 0. The van der Waals surface area contributed by atoms with Crippen LogP contribution in [0.1, 0.15) is 69.8 Å². The zero-order valence-electron chi connectivity index (χ0n) is 18.9. The fourth-order valence-electron chi connectivity index (χ4n) is 5.11. The second-order valence-corrected chi connectivity index (χ2v) is 11.5. The van der Waals surface area contributed by atoms with Crippen molar-refractivity contribution in [3.8, 4) is 11.5 Å². The Morgan fingerprint density at radius 1 is 0.900 bits per heavy atom. The number of hydrogen-bond donors (Lipinski definition) is 0. The largest absolute Gasteiger partial charge is 0.496 e. The smallest absolute Gasteiger partial charge is 0.130 e. The molecule has 0 heterocycles. The Labute approximate surface area is 185 Å². The van der Waals surface area contributed by atoms with Crippen LogP contribution >= 0.6 is 7.92 Å². The lowest BCUT2D eigenvalue weighted by atomic mass is 9.99. The van der Waals surface area contributed by atoms with Gasteiger partial charge in [0.2, 0.25) is 0 Å². The summed E-state index contributed by atoms with van der Waals surface area (Å²) in [4.78, 5) is 0. The fraction of sp³-hybridized carbons (Fsp3) is 0.556. The summed E-state index contributed by atoms with van der Waals surface area (Å²) in [6.07, 6.45) is 24.8. The van der Waals surface area contributed by atoms with Crippen molar-refractivity contribution in [1.29, 1.82) is 0 Å². The summed E-state index contributed by atoms with van der Waals surface area (Å²) in [6, 6.07) is 5.85. The molecule has 0 atom stereocenters. The molecule has 3 heteroatoms. The lowest BCUT2D eigenvalue weighted by molar-refractivity contribution is 0.392. The van der Waals surface area contributed by atoms with Gasteiger partial charge < -0.3 is 9.47 Å². The van der Waals surface area contributed by atoms with Crippen LogP contribution in [0.15, 0.2) is 49.1 Å². The first-order valence-electron chi connectivity index (χ1n) is 11.7. The van der Waals surface area contributed by atoms with Gasteiger partial charge in [-0.3, -0.25) is 0 Å². The lowest BCUT2D eigenvalue weighted by Crippen LogP contribution is -2.21. The standard InChI is InChI=1S/C27H39O2P/c1-22(27-25(28-2)19-13-20-26(27)29-3)14-7-6-12-21-30(23-15-8-4-9-16-23)24-17-10-5-11-18-24/h6-7,12-14,19-20,23-24H,1,4-5,8-11,15-18,21H2,2-3H3/b12-6-,14-7-. The zero-order valence-corrected chi connectivity index (χ0v) is 19.8. The summed E-state index contributed by atoms with van der Waals surface area (Å²) in [7, 11) is 3.51. The van der Waals surface area contributed by atoms with E-state index in [4.69, 9.17) is 9.47 Å². The molecule has 1 aromatic rings. The number of ether oxygens (including phenoxy) is 2. The van der Waals surface area contributed by atoms with E-state index in [0.29, 0.717) is 0 Å². The second-order valence-electron chi connectivity index (χ2n) is 8.63. The van der Waals surface area contributed by atoms with Crippen LogP contribution in [0.5, 0.6) is 11.5 Å². The molecule has 0 unspecified atom stereocenters. The molecule has 0 aromatic heterocycles. The maximum Gasteiger partial charge on any atom is 0.130 e. The molecule has 2 fully saturated rings. The minimum Gasteiger partial charge on any atom is -0.496 e. The van der Waals surface area contributed by atoms with E-state index in [0.717, 1.165) is 34.0 Å². The average Bonchev–Trinajstić information content (AvgIpc) is 2.81. The summed E-state index contributed by atoms with van der Waals surface area (Å²) >= 11 is 0. The number of rotatable bonds is 9. The Morgan fingerprint density at radius 3 is 1.93 bits per heavy atom. The average molecular weight is 427 g/mol. The van der Waals surface area contributed by atoms with Crippen LogP contribution in [0.2, 0.25) is 0 Å². The molecule has 1 aromatic carbocycles. The van der Waals surface area contributed by atoms with Gasteiger partial charge in [-0.2, -0.15) is 0 Å². The number of allylic oxidation sites excluding steroid dienone is 5. The molecule has 0 spiro atoms. The minimum absolute atomic E-state index is 0.129. The van der Waals surface area contributed by atoms with Gasteiger partial charge in [-0.15, -0.1) is 0 Å². The molecule has 3 rings (SSSR count). The monoisotopic (exact) mass is 426 g/mol. The zero-order chi connectivity index (χ0) is 21.2. The molecule has 2 saturated carbocycles. The molecular weight excluding hydrogens is 387 g/mol. The van der Waals surface area contributed by atoms with Gasteiger partial charge in [-0.25, -0.2) is 0 Å². The Hall–Kier alpha value is -1.53. The highest BCUT2D eigenvalue weighted by Gasteiger charge is 2.29. The van der Waals surface area contributed by atoms with Gasteiger partial charge in [0.25, 0.3) is 0 Å². The molecule has 0 bridgehead atoms. The van der Waals surface area contributed by atoms with E-state index in [2.05, 4.69) is 30.9 Å². The van der Waals surface area contributed by atoms with Gasteiger partial charge in [-0.05, 0) is 60.9 Å². The van der Waals surface area contributed by atoms with Crippen molar-refractivity contribution in [2.45, 2.75) is 75.5 Å². The first kappa shape index (κ1) is 23.1. The van der Waals surface area contributed by atoms with Gasteiger partial charge in [0.15, 0.2) is 0 Å². The third-order valence-corrected chi connectivity index (χ3v) is 10.2. The topological polar surface area (TPSA) is 18.5 Å². The van der Waals surface area contributed by atoms with Crippen molar-refractivity contribution in [3.63, 3.8) is 0 Å². The van der Waals surface area contributed by atoms with Gasteiger partial charge in [0, 0.05) is 0 Å². The van der Waals surface area contributed by atoms with Crippen LogP contribution in [0.3, 0.4) is 0 Å². The van der Waals surface area contributed by atoms with Gasteiger partial charge in [-0.1, -0.05) is 83.4 Å². The van der Waals surface area contributed by atoms with E-state index in [1.807, 2.05) is 18.2 Å². The lowest BCUT2D eigenvalue weighted by Gasteiger charge is -2.38. The molecule has 2 aliphatic carbocycles. The van der Waals surface area contributed by atoms with E-state index in [1.54, 1.807) is 14.2 Å². The highest BCUT2D eigenvalue weighted by atomic mass is 31.1. The summed E-state index contributed by atoms with van der Waals surface area (Å²) in [5.41, 5.74) is 3.87. The normalized spacial score (nSPS) is 19.0. The van der Waals surface area contributed by atoms with Crippen molar-refractivity contribution < 1.29 is 9.47 Å². The fourth-order valence-corrected chi connectivity index (χ4v) is 8.72. The van der Waals surface area contributed by atoms with Gasteiger partial charge in [0.1, 0.15) is 11.5 Å². The van der Waals surface area contributed by atoms with E-state index in [9.17, 15) is 0 Å². The van der Waals surface area contributed by atoms with Gasteiger partial charge >= 0.3 is 0 Å². The quantitative estimate of drug-likeness (QED) is 0.294. The van der Waals surface area contributed by atoms with Crippen molar-refractivity contribution in [3.05, 3.63) is 54.6 Å². The Bertz CT molecular complexity index is 684. The minimum atomic E-state index is 0.129. The number of hydrogen-bond acceptors (Lipinski definition) is 2. The highest BCUT2D eigenvalue weighted by Crippen LogP contribution is 2.55. The summed E-state index contributed by atoms with van der Waals surface area (Å²) in [6.45, 7) is 4.25. The van der Waals surface area contributed by atoms with Crippen molar-refractivity contribution >= 4 is 13.5 Å². The Balaban J connectivity index is 1.62. The molecule has 30 heavy (non-hydrogen) atoms. The van der Waals surface area contributed by atoms with Crippen LogP contribution in [-0.2, 0) is 0 Å². The maximum atomic E-state index is 5.51. The Morgan fingerprint density at radius 2 is 1.43 bits per heavy atom. The third kappa shape index (κ3) is 6.24. The van der Waals surface area contributed by atoms with Crippen molar-refractivity contribution in [2.24, 2.45) is 0 Å². The SMILES string of the molecule is C=C(/C=C\C=C/CP(C1CCCCC1)C1CCCCC1)c1c(OC)cccc1OC. The van der Waals surface area contributed by atoms with E-state index in [1.165, 1.54) is 70.4 Å². The van der Waals surface area contributed by atoms with Crippen LogP contribution in [0.25, 0.3) is 5.57 Å². The van der Waals surface area contributed by atoms with Crippen LogP contribution in [0, 0.1) is 0 Å².